The number of halogens is 2. The molecular weight excluding hydrogens is 601 g/mol. The lowest BCUT2D eigenvalue weighted by Gasteiger charge is -2.35. The number of fused-ring (bicyclic) bond motifs is 2. The van der Waals surface area contributed by atoms with Crippen LogP contribution in [0.25, 0.3) is 16.6 Å². The summed E-state index contributed by atoms with van der Waals surface area (Å²) in [5.74, 6) is -0.138. The van der Waals surface area contributed by atoms with Gasteiger partial charge < -0.3 is 15.5 Å². The molecule has 2 amide bonds. The Morgan fingerprint density at radius 2 is 1.77 bits per heavy atom. The maximum absolute atomic E-state index is 14.2. The number of anilines is 1. The fraction of sp³-hybridized carbons (Fsp3) is 0.219. The highest BCUT2D eigenvalue weighted by molar-refractivity contribution is 6.42. The van der Waals surface area contributed by atoms with E-state index in [-0.39, 0.29) is 36.0 Å². The van der Waals surface area contributed by atoms with Gasteiger partial charge in [0, 0.05) is 35.2 Å². The number of aromatic nitrogens is 4. The maximum Gasteiger partial charge on any atom is 0.263 e. The highest BCUT2D eigenvalue weighted by Gasteiger charge is 2.32. The number of carbonyl (C=O) groups excluding carboxylic acids is 2. The second-order valence-corrected chi connectivity index (χ2v) is 11.6. The molecule has 0 bridgehead atoms. The number of benzene rings is 3. The molecule has 1 aliphatic rings. The lowest BCUT2D eigenvalue weighted by atomic mass is 9.98. The van der Waals surface area contributed by atoms with E-state index in [4.69, 9.17) is 28.2 Å². The van der Waals surface area contributed by atoms with Crippen molar-refractivity contribution in [2.24, 2.45) is 0 Å². The van der Waals surface area contributed by atoms with Crippen LogP contribution in [0.4, 0.5) is 5.95 Å². The van der Waals surface area contributed by atoms with Gasteiger partial charge in [0.2, 0.25) is 5.95 Å². The van der Waals surface area contributed by atoms with Gasteiger partial charge in [0.05, 0.1) is 45.7 Å². The van der Waals surface area contributed by atoms with Crippen LogP contribution >= 0.6 is 23.2 Å². The van der Waals surface area contributed by atoms with Gasteiger partial charge in [-0.1, -0.05) is 29.3 Å². The van der Waals surface area contributed by atoms with E-state index >= 15 is 0 Å². The molecule has 3 N–H and O–H groups in total. The Morgan fingerprint density at radius 1 is 1.02 bits per heavy atom. The lowest BCUT2D eigenvalue weighted by molar-refractivity contribution is 0.0653. The van der Waals surface area contributed by atoms with Gasteiger partial charge in [-0.15, -0.1) is 0 Å². The smallest absolute Gasteiger partial charge is 0.263 e. The van der Waals surface area contributed by atoms with E-state index in [1.54, 1.807) is 60.6 Å². The molecule has 44 heavy (non-hydrogen) atoms. The van der Waals surface area contributed by atoms with E-state index < -0.39 is 0 Å². The number of carbonyl (C=O) groups is 2. The molecule has 224 valence electrons. The number of nitrogens with zero attached hydrogens (tertiary/aromatic N) is 4. The van der Waals surface area contributed by atoms with Crippen LogP contribution in [0.15, 0.2) is 71.7 Å². The zero-order valence-electron chi connectivity index (χ0n) is 24.2. The van der Waals surface area contributed by atoms with Gasteiger partial charge in [0.25, 0.3) is 17.4 Å². The van der Waals surface area contributed by atoms with Crippen LogP contribution in [0.2, 0.25) is 10.0 Å². The summed E-state index contributed by atoms with van der Waals surface area (Å²) in [4.78, 5) is 46.6. The number of aromatic amines is 1. The number of rotatable bonds is 6. The van der Waals surface area contributed by atoms with Gasteiger partial charge in [-0.25, -0.2) is 9.55 Å². The van der Waals surface area contributed by atoms with E-state index in [2.05, 4.69) is 20.8 Å². The Morgan fingerprint density at radius 3 is 2.50 bits per heavy atom. The van der Waals surface area contributed by atoms with Crippen LogP contribution in [0.1, 0.15) is 57.4 Å². The predicted molar refractivity (Wildman–Crippen MR) is 171 cm³/mol. The van der Waals surface area contributed by atoms with Gasteiger partial charge in [-0.2, -0.15) is 5.10 Å². The molecule has 1 unspecified atom stereocenters. The molecule has 0 saturated heterocycles. The van der Waals surface area contributed by atoms with Crippen molar-refractivity contribution in [3.63, 3.8) is 0 Å². The molecule has 3 heterocycles. The molecular formula is C32H29Cl2N7O3. The van der Waals surface area contributed by atoms with Crippen LogP contribution in [-0.2, 0) is 13.0 Å². The quantitative estimate of drug-likeness (QED) is 0.227. The number of H-pyrrole nitrogens is 1. The van der Waals surface area contributed by atoms with Crippen LogP contribution in [0.5, 0.6) is 0 Å². The summed E-state index contributed by atoms with van der Waals surface area (Å²) in [6, 6.07) is 17.0. The first-order valence-corrected chi connectivity index (χ1v) is 14.8. The lowest BCUT2D eigenvalue weighted by Crippen LogP contribution is -2.46. The van der Waals surface area contributed by atoms with Crippen molar-refractivity contribution in [1.29, 1.82) is 0 Å². The Labute approximate surface area is 263 Å². The van der Waals surface area contributed by atoms with Crippen molar-refractivity contribution in [2.45, 2.75) is 38.9 Å². The van der Waals surface area contributed by atoms with E-state index in [1.165, 1.54) is 4.57 Å². The Bertz CT molecular complexity index is 1970. The van der Waals surface area contributed by atoms with Crippen molar-refractivity contribution in [2.75, 3.05) is 12.4 Å². The van der Waals surface area contributed by atoms with Gasteiger partial charge in [-0.3, -0.25) is 19.5 Å². The van der Waals surface area contributed by atoms with E-state index in [0.717, 1.165) is 16.5 Å². The minimum Gasteiger partial charge on any atom is -0.355 e. The minimum absolute atomic E-state index is 0.144. The first-order chi connectivity index (χ1) is 21.1. The number of hydrogen-bond acceptors (Lipinski definition) is 6. The van der Waals surface area contributed by atoms with Gasteiger partial charge >= 0.3 is 0 Å². The summed E-state index contributed by atoms with van der Waals surface area (Å²) >= 11 is 12.3. The van der Waals surface area contributed by atoms with Crippen LogP contribution in [0.3, 0.4) is 0 Å². The second-order valence-electron chi connectivity index (χ2n) is 10.8. The van der Waals surface area contributed by atoms with E-state index in [0.29, 0.717) is 50.5 Å². The average Bonchev–Trinajstić information content (AvgIpc) is 3.50. The topological polar surface area (TPSA) is 125 Å². The molecule has 2 atom stereocenters. The second kappa shape index (κ2) is 11.8. The van der Waals surface area contributed by atoms with Gasteiger partial charge in [0.15, 0.2) is 0 Å². The zero-order valence-corrected chi connectivity index (χ0v) is 25.7. The Kier molecular flexibility index (Phi) is 7.87. The van der Waals surface area contributed by atoms with Crippen molar-refractivity contribution in [1.82, 2.24) is 30.0 Å². The number of amides is 2. The zero-order chi connectivity index (χ0) is 31.1. The summed E-state index contributed by atoms with van der Waals surface area (Å²) in [7, 11) is 1.56. The fourth-order valence-electron chi connectivity index (χ4n) is 5.48. The Hall–Kier alpha value is -4.67. The molecule has 0 fully saturated rings. The third-order valence-electron chi connectivity index (χ3n) is 7.97. The first-order valence-electron chi connectivity index (χ1n) is 14.1. The van der Waals surface area contributed by atoms with Crippen LogP contribution in [0, 0.1) is 0 Å². The molecule has 3 aromatic carbocycles. The molecule has 12 heteroatoms. The summed E-state index contributed by atoms with van der Waals surface area (Å²) in [5, 5.41) is 14.7. The van der Waals surface area contributed by atoms with Crippen molar-refractivity contribution >= 4 is 51.9 Å². The van der Waals surface area contributed by atoms with E-state index in [1.807, 2.05) is 32.0 Å². The monoisotopic (exact) mass is 629 g/mol. The number of nitrogens with one attached hydrogen (secondary N) is 3. The first kappa shape index (κ1) is 29.4. The summed E-state index contributed by atoms with van der Waals surface area (Å²) in [5.41, 5.74) is 4.12. The molecule has 0 spiro atoms. The molecule has 10 nitrogen and oxygen atoms in total. The minimum atomic E-state index is -0.276. The number of hydrogen-bond donors (Lipinski definition) is 3. The highest BCUT2D eigenvalue weighted by atomic mass is 35.5. The third kappa shape index (κ3) is 5.42. The largest absolute Gasteiger partial charge is 0.355 e. The fourth-order valence-corrected chi connectivity index (χ4v) is 5.77. The molecule has 0 radical (unpaired) electrons. The predicted octanol–water partition coefficient (Wildman–Crippen LogP) is 5.54. The van der Waals surface area contributed by atoms with Crippen molar-refractivity contribution in [3.05, 3.63) is 115 Å². The summed E-state index contributed by atoms with van der Waals surface area (Å²) in [6.45, 7) is 4.03. The maximum atomic E-state index is 14.2. The molecule has 2 aromatic heterocycles. The van der Waals surface area contributed by atoms with Crippen molar-refractivity contribution in [3.8, 4) is 5.69 Å². The SMILES string of the molecule is CNC(=O)c1ccc(-n2c(NC(C)c3ccc4[nH]ncc4c3)nc3c(c2=O)C[C@@H](C)N(C(=O)c2ccc(Cl)c(Cl)c2)C3)cc1. The highest BCUT2D eigenvalue weighted by Crippen LogP contribution is 2.29. The molecule has 0 saturated carbocycles. The third-order valence-corrected chi connectivity index (χ3v) is 8.71. The van der Waals surface area contributed by atoms with Crippen molar-refractivity contribution < 1.29 is 9.59 Å². The summed E-state index contributed by atoms with van der Waals surface area (Å²) in [6.07, 6.45) is 2.07. The molecule has 1 aliphatic heterocycles. The van der Waals surface area contributed by atoms with Crippen LogP contribution < -0.4 is 16.2 Å². The average molecular weight is 631 g/mol. The Balaban J connectivity index is 1.41. The normalized spacial score (nSPS) is 15.1. The van der Waals surface area contributed by atoms with E-state index in [9.17, 15) is 14.4 Å². The standard InChI is InChI=1S/C32H29Cl2N7O3/c1-17-12-24-28(16-40(17)30(43)21-6-10-25(33)26(34)14-21)38-32(37-18(2)20-7-11-27-22(13-20)15-36-39-27)41(31(24)44)23-8-4-19(5-9-23)29(42)35-3/h4-11,13-15,17-18H,12,16H2,1-3H3,(H,35,42)(H,36,39)(H,37,38)/t17-,18?/m1/s1. The molecule has 0 aliphatic carbocycles. The van der Waals surface area contributed by atoms with Crippen LogP contribution in [-0.4, -0.2) is 49.6 Å². The van der Waals surface area contributed by atoms with Gasteiger partial charge in [0.1, 0.15) is 0 Å². The molecule has 6 rings (SSSR count). The van der Waals surface area contributed by atoms with Gasteiger partial charge in [-0.05, 0) is 80.4 Å². The molecule has 5 aromatic rings. The summed E-state index contributed by atoms with van der Waals surface area (Å²) < 4.78 is 1.53.